The number of carbonyl (C=O) groups is 2. The van der Waals surface area contributed by atoms with Gasteiger partial charge in [0.05, 0.1) is 29.4 Å². The summed E-state index contributed by atoms with van der Waals surface area (Å²) in [7, 11) is 1.39. The highest BCUT2D eigenvalue weighted by atomic mass is 32.1. The molecule has 2 aromatic heterocycles. The summed E-state index contributed by atoms with van der Waals surface area (Å²) < 4.78 is 5.13. The molecule has 0 bridgehead atoms. The van der Waals surface area contributed by atoms with Gasteiger partial charge in [0.15, 0.2) is 0 Å². The van der Waals surface area contributed by atoms with Crippen LogP contribution in [0.4, 0.5) is 5.00 Å². The van der Waals surface area contributed by atoms with Crippen LogP contribution < -0.4 is 5.32 Å². The van der Waals surface area contributed by atoms with Crippen molar-refractivity contribution in [3.63, 3.8) is 0 Å². The highest BCUT2D eigenvalue weighted by molar-refractivity contribution is 7.17. The van der Waals surface area contributed by atoms with Crippen LogP contribution in [0.15, 0.2) is 54.6 Å². The Morgan fingerprint density at radius 3 is 2.51 bits per heavy atom. The molecule has 0 radical (unpaired) electrons. The molecular formula is C29H28N2O3S. The van der Waals surface area contributed by atoms with Crippen LogP contribution in [-0.2, 0) is 17.6 Å². The van der Waals surface area contributed by atoms with Gasteiger partial charge in [-0.05, 0) is 55.9 Å². The number of thiophene rings is 1. The summed E-state index contributed by atoms with van der Waals surface area (Å²) in [5.74, 6) is -0.642. The molecule has 1 aliphatic carbocycles. The van der Waals surface area contributed by atoms with Gasteiger partial charge in [0.1, 0.15) is 5.00 Å². The molecule has 0 atom stereocenters. The molecule has 5 nitrogen and oxygen atoms in total. The van der Waals surface area contributed by atoms with Crippen LogP contribution in [0.25, 0.3) is 22.2 Å². The van der Waals surface area contributed by atoms with E-state index >= 15 is 0 Å². The van der Waals surface area contributed by atoms with Crippen LogP contribution in [0.3, 0.4) is 0 Å². The lowest BCUT2D eigenvalue weighted by Crippen LogP contribution is -2.15. The summed E-state index contributed by atoms with van der Waals surface area (Å²) in [6.45, 7) is 2.04. The third-order valence-corrected chi connectivity index (χ3v) is 7.88. The molecule has 5 rings (SSSR count). The fourth-order valence-electron chi connectivity index (χ4n) is 4.86. The first kappa shape index (κ1) is 23.2. The molecule has 178 valence electrons. The summed E-state index contributed by atoms with van der Waals surface area (Å²) in [4.78, 5) is 32.5. The van der Waals surface area contributed by atoms with E-state index < -0.39 is 5.97 Å². The molecule has 1 aliphatic rings. The molecule has 0 spiro atoms. The molecule has 4 aromatic rings. The zero-order valence-electron chi connectivity index (χ0n) is 20.0. The van der Waals surface area contributed by atoms with E-state index in [9.17, 15) is 9.59 Å². The predicted molar refractivity (Wildman–Crippen MR) is 141 cm³/mol. The zero-order chi connectivity index (χ0) is 24.4. The number of nitrogens with one attached hydrogen (secondary N) is 1. The minimum Gasteiger partial charge on any atom is -0.465 e. The number of para-hydroxylation sites is 1. The van der Waals surface area contributed by atoms with Crippen LogP contribution in [0, 0.1) is 6.92 Å². The van der Waals surface area contributed by atoms with Crippen LogP contribution in [0.5, 0.6) is 0 Å². The molecule has 0 unspecified atom stereocenters. The van der Waals surface area contributed by atoms with Gasteiger partial charge in [0.25, 0.3) is 5.91 Å². The average Bonchev–Trinajstić information content (AvgIpc) is 3.18. The summed E-state index contributed by atoms with van der Waals surface area (Å²) >= 11 is 1.51. The third-order valence-electron chi connectivity index (χ3n) is 6.67. The van der Waals surface area contributed by atoms with Crippen molar-refractivity contribution < 1.29 is 14.3 Å². The number of amides is 1. The Morgan fingerprint density at radius 1 is 0.971 bits per heavy atom. The van der Waals surface area contributed by atoms with Gasteiger partial charge >= 0.3 is 5.97 Å². The van der Waals surface area contributed by atoms with E-state index in [-0.39, 0.29) is 5.91 Å². The summed E-state index contributed by atoms with van der Waals surface area (Å²) in [6, 6.07) is 17.5. The maximum absolute atomic E-state index is 13.7. The summed E-state index contributed by atoms with van der Waals surface area (Å²) in [6.07, 6.45) is 6.24. The lowest BCUT2D eigenvalue weighted by atomic mass is 9.96. The number of aromatic nitrogens is 1. The van der Waals surface area contributed by atoms with Crippen molar-refractivity contribution in [3.8, 4) is 11.3 Å². The number of hydrogen-bond donors (Lipinski definition) is 1. The molecule has 2 aromatic carbocycles. The Balaban J connectivity index is 1.59. The van der Waals surface area contributed by atoms with Crippen LogP contribution >= 0.6 is 11.3 Å². The van der Waals surface area contributed by atoms with Crippen molar-refractivity contribution in [2.75, 3.05) is 12.4 Å². The molecule has 0 aliphatic heterocycles. The number of fused-ring (bicyclic) bond motifs is 2. The summed E-state index contributed by atoms with van der Waals surface area (Å²) in [5.41, 5.74) is 5.67. The molecule has 0 saturated heterocycles. The number of aryl methyl sites for hydroxylation is 2. The highest BCUT2D eigenvalue weighted by Crippen LogP contribution is 2.38. The van der Waals surface area contributed by atoms with E-state index in [1.54, 1.807) is 0 Å². The number of anilines is 1. The number of esters is 1. The first-order valence-electron chi connectivity index (χ1n) is 12.1. The Bertz CT molecular complexity index is 1420. The molecule has 1 N–H and O–H groups in total. The van der Waals surface area contributed by atoms with Gasteiger partial charge in [0, 0.05) is 15.8 Å². The smallest absolute Gasteiger partial charge is 0.341 e. The lowest BCUT2D eigenvalue weighted by Gasteiger charge is -2.12. The molecule has 0 fully saturated rings. The van der Waals surface area contributed by atoms with E-state index in [1.165, 1.54) is 29.7 Å². The number of benzene rings is 2. The minimum atomic E-state index is -0.390. The Hall–Kier alpha value is -3.51. The second-order valence-electron chi connectivity index (χ2n) is 8.95. The lowest BCUT2D eigenvalue weighted by molar-refractivity contribution is 0.0601. The number of methoxy groups -OCH3 is 1. The number of carbonyl (C=O) groups excluding carboxylic acids is 2. The third kappa shape index (κ3) is 4.58. The standard InChI is InChI=1S/C29H28N2O3S/c1-18-11-7-8-12-19(18)24-17-22(20-13-9-10-15-23(20)30-24)27(32)31-28-26(29(33)34-2)21-14-5-3-4-6-16-25(21)35-28/h7-13,15,17H,3-6,14,16H2,1-2H3,(H,31,32). The Labute approximate surface area is 209 Å². The SMILES string of the molecule is COC(=O)c1c(NC(=O)c2cc(-c3ccccc3C)nc3ccccc23)sc2c1CCCCCC2. The fourth-order valence-corrected chi connectivity index (χ4v) is 6.13. The number of nitrogens with zero attached hydrogens (tertiary/aromatic N) is 1. The van der Waals surface area contributed by atoms with Crippen molar-refractivity contribution in [2.24, 2.45) is 0 Å². The predicted octanol–water partition coefficient (Wildman–Crippen LogP) is 6.97. The summed E-state index contributed by atoms with van der Waals surface area (Å²) in [5, 5.41) is 4.43. The number of rotatable bonds is 4. The van der Waals surface area contributed by atoms with Crippen molar-refractivity contribution in [1.29, 1.82) is 0 Å². The average molecular weight is 485 g/mol. The second-order valence-corrected chi connectivity index (χ2v) is 10.1. The molecule has 1 amide bonds. The molecule has 35 heavy (non-hydrogen) atoms. The first-order chi connectivity index (χ1) is 17.1. The van der Waals surface area contributed by atoms with E-state index in [2.05, 4.69) is 5.32 Å². The van der Waals surface area contributed by atoms with E-state index in [1.807, 2.05) is 61.5 Å². The van der Waals surface area contributed by atoms with Gasteiger partial charge in [-0.15, -0.1) is 11.3 Å². The topological polar surface area (TPSA) is 68.3 Å². The second kappa shape index (κ2) is 10.0. The monoisotopic (exact) mass is 484 g/mol. The molecule has 2 heterocycles. The van der Waals surface area contributed by atoms with Gasteiger partial charge in [0.2, 0.25) is 0 Å². The van der Waals surface area contributed by atoms with Gasteiger partial charge < -0.3 is 10.1 Å². The number of hydrogen-bond acceptors (Lipinski definition) is 5. The fraction of sp³-hybridized carbons (Fsp3) is 0.276. The van der Waals surface area contributed by atoms with E-state index in [0.29, 0.717) is 16.1 Å². The van der Waals surface area contributed by atoms with E-state index in [4.69, 9.17) is 9.72 Å². The van der Waals surface area contributed by atoms with Crippen LogP contribution in [-0.4, -0.2) is 24.0 Å². The van der Waals surface area contributed by atoms with Crippen molar-refractivity contribution in [2.45, 2.75) is 45.4 Å². The van der Waals surface area contributed by atoms with Crippen LogP contribution in [0.1, 0.15) is 62.4 Å². The van der Waals surface area contributed by atoms with Gasteiger partial charge in [-0.2, -0.15) is 0 Å². The normalized spacial score (nSPS) is 13.5. The van der Waals surface area contributed by atoms with Crippen LogP contribution in [0.2, 0.25) is 0 Å². The number of pyridine rings is 1. The van der Waals surface area contributed by atoms with Gasteiger partial charge in [-0.25, -0.2) is 9.78 Å². The molecular weight excluding hydrogens is 456 g/mol. The molecule has 0 saturated carbocycles. The Kier molecular flexibility index (Phi) is 6.64. The van der Waals surface area contributed by atoms with E-state index in [0.717, 1.165) is 65.4 Å². The van der Waals surface area contributed by atoms with Gasteiger partial charge in [-0.1, -0.05) is 55.3 Å². The van der Waals surface area contributed by atoms with Crippen molar-refractivity contribution >= 4 is 39.1 Å². The first-order valence-corrected chi connectivity index (χ1v) is 12.9. The highest BCUT2D eigenvalue weighted by Gasteiger charge is 2.26. The number of ether oxygens (including phenoxy) is 1. The maximum atomic E-state index is 13.7. The largest absolute Gasteiger partial charge is 0.465 e. The zero-order valence-corrected chi connectivity index (χ0v) is 20.8. The quantitative estimate of drug-likeness (QED) is 0.318. The minimum absolute atomic E-state index is 0.252. The maximum Gasteiger partial charge on any atom is 0.341 e. The Morgan fingerprint density at radius 2 is 1.71 bits per heavy atom. The molecule has 6 heteroatoms. The van der Waals surface area contributed by atoms with Crippen molar-refractivity contribution in [1.82, 2.24) is 4.98 Å². The van der Waals surface area contributed by atoms with Gasteiger partial charge in [-0.3, -0.25) is 4.79 Å². The van der Waals surface area contributed by atoms with Crippen molar-refractivity contribution in [3.05, 3.63) is 81.7 Å².